The van der Waals surface area contributed by atoms with Crippen LogP contribution in [0.15, 0.2) is 47.4 Å². The molecule has 1 unspecified atom stereocenters. The number of carboxylic acid groups (broad SMARTS) is 1. The molecule has 9 heteroatoms. The van der Waals surface area contributed by atoms with Crippen LogP contribution in [0.3, 0.4) is 0 Å². The molecule has 2 aromatic carbocycles. The number of anilines is 2. The predicted molar refractivity (Wildman–Crippen MR) is 112 cm³/mol. The summed E-state index contributed by atoms with van der Waals surface area (Å²) >= 11 is 0. The Hall–Kier alpha value is -3.25. The number of benzene rings is 2. The second kappa shape index (κ2) is 7.88. The van der Waals surface area contributed by atoms with E-state index in [0.29, 0.717) is 12.2 Å². The Morgan fingerprint density at radius 1 is 1.30 bits per heavy atom. The predicted octanol–water partition coefficient (Wildman–Crippen LogP) is 3.98. The van der Waals surface area contributed by atoms with Crippen LogP contribution in [0, 0.1) is 23.7 Å². The van der Waals surface area contributed by atoms with Crippen LogP contribution >= 0.6 is 0 Å². The topological polar surface area (TPSA) is 120 Å². The van der Waals surface area contributed by atoms with E-state index in [0.717, 1.165) is 5.56 Å². The maximum Gasteiger partial charge on any atom is 0.409 e. The molecular weight excluding hydrogens is 406 g/mol. The van der Waals surface area contributed by atoms with Crippen molar-refractivity contribution in [1.29, 1.82) is 5.26 Å². The molecule has 1 aliphatic rings. The first kappa shape index (κ1) is 21.5. The summed E-state index contributed by atoms with van der Waals surface area (Å²) in [7, 11) is -3.94. The fourth-order valence-corrected chi connectivity index (χ4v) is 4.80. The molecule has 1 atom stereocenters. The van der Waals surface area contributed by atoms with E-state index < -0.39 is 27.6 Å². The fourth-order valence-electron chi connectivity index (χ4n) is 3.30. The molecule has 0 aromatic heterocycles. The summed E-state index contributed by atoms with van der Waals surface area (Å²) in [4.78, 5) is 11.1. The maximum absolute atomic E-state index is 13.4. The Balaban J connectivity index is 2.07. The van der Waals surface area contributed by atoms with Crippen LogP contribution in [0.2, 0.25) is 0 Å². The van der Waals surface area contributed by atoms with Crippen molar-refractivity contribution in [1.82, 2.24) is 0 Å². The van der Waals surface area contributed by atoms with Gasteiger partial charge in [0.05, 0.1) is 28.6 Å². The standard InChI is InChI=1S/C21H23N3O5S/c1-14-4-7-17(8-5-14)30(27,28)24-12-16(11-21(2,3)13-22)29-19-9-6-15(10-18(19)24)23-20(25)26/h4-10,16,23H,11-12H2,1-3H3,(H,25,26). The first-order chi connectivity index (χ1) is 14.0. The number of hydrogen-bond acceptors (Lipinski definition) is 5. The Labute approximate surface area is 175 Å². The summed E-state index contributed by atoms with van der Waals surface area (Å²) in [5.41, 5.74) is 0.697. The minimum atomic E-state index is -3.94. The third-order valence-corrected chi connectivity index (χ3v) is 6.59. The molecule has 1 amide bonds. The molecule has 1 heterocycles. The number of rotatable bonds is 5. The smallest absolute Gasteiger partial charge is 0.409 e. The van der Waals surface area contributed by atoms with E-state index >= 15 is 0 Å². The van der Waals surface area contributed by atoms with Gasteiger partial charge in [-0.3, -0.25) is 9.62 Å². The average molecular weight is 429 g/mol. The van der Waals surface area contributed by atoms with Crippen molar-refractivity contribution in [3.63, 3.8) is 0 Å². The highest BCUT2D eigenvalue weighted by Gasteiger charge is 2.37. The monoisotopic (exact) mass is 429 g/mol. The molecule has 2 aromatic rings. The van der Waals surface area contributed by atoms with Gasteiger partial charge >= 0.3 is 6.09 Å². The number of hydrogen-bond donors (Lipinski definition) is 2. The van der Waals surface area contributed by atoms with Crippen molar-refractivity contribution < 1.29 is 23.1 Å². The summed E-state index contributed by atoms with van der Waals surface area (Å²) in [5, 5.41) is 20.6. The van der Waals surface area contributed by atoms with Crippen LogP contribution < -0.4 is 14.4 Å². The number of amides is 1. The van der Waals surface area contributed by atoms with Crippen LogP contribution in [0.5, 0.6) is 5.75 Å². The second-order valence-corrected chi connectivity index (χ2v) is 9.76. The third-order valence-electron chi connectivity index (χ3n) is 4.79. The number of nitrogens with zero attached hydrogens (tertiary/aromatic N) is 2. The van der Waals surface area contributed by atoms with E-state index in [1.54, 1.807) is 26.0 Å². The van der Waals surface area contributed by atoms with Crippen LogP contribution in [0.1, 0.15) is 25.8 Å². The second-order valence-electron chi connectivity index (χ2n) is 7.90. The molecule has 0 spiro atoms. The molecule has 1 aliphatic heterocycles. The van der Waals surface area contributed by atoms with Crippen molar-refractivity contribution in [2.24, 2.45) is 5.41 Å². The van der Waals surface area contributed by atoms with Crippen molar-refractivity contribution in [2.75, 3.05) is 16.2 Å². The number of aryl methyl sites for hydroxylation is 1. The van der Waals surface area contributed by atoms with E-state index in [-0.39, 0.29) is 22.8 Å². The molecule has 0 radical (unpaired) electrons. The summed E-state index contributed by atoms with van der Waals surface area (Å²) < 4.78 is 34.1. The number of ether oxygens (including phenoxy) is 1. The Morgan fingerprint density at radius 2 is 1.97 bits per heavy atom. The first-order valence-electron chi connectivity index (χ1n) is 9.33. The minimum Gasteiger partial charge on any atom is -0.486 e. The van der Waals surface area contributed by atoms with Crippen LogP contribution in [-0.4, -0.2) is 32.3 Å². The van der Waals surface area contributed by atoms with Gasteiger partial charge in [0.1, 0.15) is 11.9 Å². The molecule has 158 valence electrons. The lowest BCUT2D eigenvalue weighted by Gasteiger charge is -2.37. The maximum atomic E-state index is 13.4. The normalized spacial score (nSPS) is 16.2. The molecule has 3 rings (SSSR count). The van der Waals surface area contributed by atoms with Gasteiger partial charge in [0.25, 0.3) is 10.0 Å². The Kier molecular flexibility index (Phi) is 5.63. The number of nitrogens with one attached hydrogen (secondary N) is 1. The molecule has 8 nitrogen and oxygen atoms in total. The van der Waals surface area contributed by atoms with E-state index in [2.05, 4.69) is 11.4 Å². The van der Waals surface area contributed by atoms with Crippen molar-refractivity contribution in [3.8, 4) is 11.8 Å². The molecule has 0 aliphatic carbocycles. The summed E-state index contributed by atoms with van der Waals surface area (Å²) in [6.45, 7) is 5.41. The lowest BCUT2D eigenvalue weighted by atomic mass is 9.88. The zero-order valence-corrected chi connectivity index (χ0v) is 17.7. The van der Waals surface area contributed by atoms with Gasteiger partial charge in [-0.25, -0.2) is 13.2 Å². The lowest BCUT2D eigenvalue weighted by Crippen LogP contribution is -2.45. The van der Waals surface area contributed by atoms with Crippen molar-refractivity contribution in [3.05, 3.63) is 48.0 Å². The highest BCUT2D eigenvalue weighted by atomic mass is 32.2. The van der Waals surface area contributed by atoms with Gasteiger partial charge in [-0.2, -0.15) is 5.26 Å². The number of nitriles is 1. The summed E-state index contributed by atoms with van der Waals surface area (Å²) in [5.74, 6) is 0.312. The quantitative estimate of drug-likeness (QED) is 0.742. The molecule has 2 N–H and O–H groups in total. The SMILES string of the molecule is Cc1ccc(S(=O)(=O)N2CC(CC(C)(C)C#N)Oc3ccc(NC(=O)O)cc32)cc1. The highest BCUT2D eigenvalue weighted by Crippen LogP contribution is 2.40. The van der Waals surface area contributed by atoms with Gasteiger partial charge in [0.15, 0.2) is 0 Å². The average Bonchev–Trinajstić information content (AvgIpc) is 2.67. The van der Waals surface area contributed by atoms with E-state index in [1.807, 2.05) is 6.92 Å². The largest absolute Gasteiger partial charge is 0.486 e. The molecule has 0 bridgehead atoms. The van der Waals surface area contributed by atoms with Gasteiger partial charge in [-0.1, -0.05) is 17.7 Å². The summed E-state index contributed by atoms with van der Waals surface area (Å²) in [6.07, 6.45) is -1.46. The zero-order chi connectivity index (χ0) is 22.1. The highest BCUT2D eigenvalue weighted by molar-refractivity contribution is 7.92. The lowest BCUT2D eigenvalue weighted by molar-refractivity contribution is 0.156. The minimum absolute atomic E-state index is 0.00481. The number of carbonyl (C=O) groups is 1. The van der Waals surface area contributed by atoms with Gasteiger partial charge in [-0.05, 0) is 51.1 Å². The van der Waals surface area contributed by atoms with Crippen molar-refractivity contribution in [2.45, 2.75) is 38.2 Å². The Bertz CT molecular complexity index is 1100. The molecule has 0 saturated carbocycles. The molecular formula is C21H23N3O5S. The number of sulfonamides is 1. The van der Waals surface area contributed by atoms with Gasteiger partial charge in [0.2, 0.25) is 0 Å². The van der Waals surface area contributed by atoms with Crippen LogP contribution in [-0.2, 0) is 10.0 Å². The van der Waals surface area contributed by atoms with E-state index in [4.69, 9.17) is 9.84 Å². The van der Waals surface area contributed by atoms with E-state index in [9.17, 15) is 18.5 Å². The third kappa shape index (κ3) is 4.49. The number of fused-ring (bicyclic) bond motifs is 1. The summed E-state index contributed by atoms with van der Waals surface area (Å²) in [6, 6.07) is 13.2. The fraction of sp³-hybridized carbons (Fsp3) is 0.333. The van der Waals surface area contributed by atoms with Crippen LogP contribution in [0.4, 0.5) is 16.2 Å². The first-order valence-corrected chi connectivity index (χ1v) is 10.8. The van der Waals surface area contributed by atoms with Crippen molar-refractivity contribution >= 4 is 27.5 Å². The van der Waals surface area contributed by atoms with Gasteiger partial charge in [0, 0.05) is 12.1 Å². The molecule has 0 saturated heterocycles. The molecule has 0 fully saturated rings. The molecule has 30 heavy (non-hydrogen) atoms. The van der Waals surface area contributed by atoms with Gasteiger partial charge < -0.3 is 9.84 Å². The zero-order valence-electron chi connectivity index (χ0n) is 16.9. The van der Waals surface area contributed by atoms with Gasteiger partial charge in [-0.15, -0.1) is 0 Å². The van der Waals surface area contributed by atoms with Crippen LogP contribution in [0.25, 0.3) is 0 Å². The Morgan fingerprint density at radius 3 is 2.57 bits per heavy atom. The van der Waals surface area contributed by atoms with E-state index in [1.165, 1.54) is 34.6 Å².